The van der Waals surface area contributed by atoms with Crippen LogP contribution in [-0.4, -0.2) is 65.8 Å². The molecule has 1 unspecified atom stereocenters. The molecular weight excluding hydrogens is 248 g/mol. The molecule has 19 heavy (non-hydrogen) atoms. The van der Waals surface area contributed by atoms with Crippen LogP contribution >= 0.6 is 0 Å². The molecular formula is C13H24N2O4. The maximum absolute atomic E-state index is 12.3. The lowest BCUT2D eigenvalue weighted by Gasteiger charge is -2.35. The Morgan fingerprint density at radius 2 is 2.16 bits per heavy atom. The van der Waals surface area contributed by atoms with E-state index in [0.29, 0.717) is 26.2 Å². The van der Waals surface area contributed by atoms with Gasteiger partial charge in [-0.25, -0.2) is 4.79 Å². The van der Waals surface area contributed by atoms with Crippen molar-refractivity contribution in [3.05, 3.63) is 0 Å². The monoisotopic (exact) mass is 272 g/mol. The predicted molar refractivity (Wildman–Crippen MR) is 71.1 cm³/mol. The first-order valence-electron chi connectivity index (χ1n) is 6.95. The van der Waals surface area contributed by atoms with Crippen molar-refractivity contribution in [1.82, 2.24) is 9.80 Å². The number of rotatable bonds is 6. The molecule has 1 rings (SSSR count). The highest BCUT2D eigenvalue weighted by atomic mass is 16.5. The van der Waals surface area contributed by atoms with Crippen molar-refractivity contribution in [1.29, 1.82) is 0 Å². The van der Waals surface area contributed by atoms with Gasteiger partial charge in [0.15, 0.2) is 0 Å². The summed E-state index contributed by atoms with van der Waals surface area (Å²) in [7, 11) is 0. The van der Waals surface area contributed by atoms with Crippen LogP contribution in [0.3, 0.4) is 0 Å². The van der Waals surface area contributed by atoms with Crippen LogP contribution in [0.1, 0.15) is 33.1 Å². The van der Waals surface area contributed by atoms with Crippen LogP contribution in [0.15, 0.2) is 0 Å². The Kier molecular flexibility index (Phi) is 6.62. The molecule has 0 radical (unpaired) electrons. The van der Waals surface area contributed by atoms with Crippen molar-refractivity contribution in [3.63, 3.8) is 0 Å². The molecule has 1 aliphatic heterocycles. The van der Waals surface area contributed by atoms with Crippen LogP contribution in [0.4, 0.5) is 4.79 Å². The fourth-order valence-electron chi connectivity index (χ4n) is 2.15. The standard InChI is InChI=1S/C13H24N2O4/c1-3-5-6-14(4-2)13(18)15-7-8-19-11(10-15)9-12(16)17/h11H,3-10H2,1-2H3,(H,16,17). The zero-order valence-electron chi connectivity index (χ0n) is 11.8. The van der Waals surface area contributed by atoms with Gasteiger partial charge in [-0.2, -0.15) is 0 Å². The molecule has 0 aliphatic carbocycles. The smallest absolute Gasteiger partial charge is 0.320 e. The number of ether oxygens (including phenoxy) is 1. The Bertz CT molecular complexity index is 309. The predicted octanol–water partition coefficient (Wildman–Crippen LogP) is 1.40. The van der Waals surface area contributed by atoms with Crippen molar-refractivity contribution in [2.24, 2.45) is 0 Å². The fourth-order valence-corrected chi connectivity index (χ4v) is 2.15. The SMILES string of the molecule is CCCCN(CC)C(=O)N1CCOC(CC(=O)O)C1. The third-order valence-electron chi connectivity index (χ3n) is 3.25. The van der Waals surface area contributed by atoms with Crippen LogP contribution in [-0.2, 0) is 9.53 Å². The first kappa shape index (κ1) is 15.8. The third-order valence-corrected chi connectivity index (χ3v) is 3.25. The van der Waals surface area contributed by atoms with E-state index in [0.717, 1.165) is 19.4 Å². The van der Waals surface area contributed by atoms with Crippen LogP contribution in [0.5, 0.6) is 0 Å². The van der Waals surface area contributed by atoms with Crippen LogP contribution in [0.25, 0.3) is 0 Å². The fraction of sp³-hybridized carbons (Fsp3) is 0.846. The molecule has 1 fully saturated rings. The van der Waals surface area contributed by atoms with Gasteiger partial charge >= 0.3 is 12.0 Å². The molecule has 6 heteroatoms. The van der Waals surface area contributed by atoms with Gasteiger partial charge in [-0.15, -0.1) is 0 Å². The quantitative estimate of drug-likeness (QED) is 0.793. The van der Waals surface area contributed by atoms with Crippen LogP contribution in [0.2, 0.25) is 0 Å². The third kappa shape index (κ3) is 5.06. The number of urea groups is 1. The molecule has 0 bridgehead atoms. The van der Waals surface area contributed by atoms with Crippen molar-refractivity contribution in [3.8, 4) is 0 Å². The molecule has 1 N–H and O–H groups in total. The maximum atomic E-state index is 12.3. The molecule has 110 valence electrons. The number of hydrogen-bond donors (Lipinski definition) is 1. The zero-order valence-corrected chi connectivity index (χ0v) is 11.8. The number of carbonyl (C=O) groups is 2. The van der Waals surface area contributed by atoms with Crippen LogP contribution < -0.4 is 0 Å². The molecule has 0 aromatic carbocycles. The largest absolute Gasteiger partial charge is 0.481 e. The number of amides is 2. The molecule has 1 heterocycles. The van der Waals surface area contributed by atoms with Gasteiger partial charge in [-0.05, 0) is 13.3 Å². The Morgan fingerprint density at radius 3 is 2.74 bits per heavy atom. The van der Waals surface area contributed by atoms with Gasteiger partial charge in [-0.3, -0.25) is 4.79 Å². The van der Waals surface area contributed by atoms with Gasteiger partial charge in [0.05, 0.1) is 19.1 Å². The number of hydrogen-bond acceptors (Lipinski definition) is 3. The number of aliphatic carboxylic acids is 1. The minimum atomic E-state index is -0.891. The molecule has 0 saturated carbocycles. The second-order valence-corrected chi connectivity index (χ2v) is 4.75. The van der Waals surface area contributed by atoms with Gasteiger partial charge < -0.3 is 19.6 Å². The lowest BCUT2D eigenvalue weighted by atomic mass is 10.2. The first-order valence-corrected chi connectivity index (χ1v) is 6.95. The maximum Gasteiger partial charge on any atom is 0.320 e. The second kappa shape index (κ2) is 7.99. The summed E-state index contributed by atoms with van der Waals surface area (Å²) in [5.74, 6) is -0.891. The van der Waals surface area contributed by atoms with E-state index >= 15 is 0 Å². The number of carboxylic acids is 1. The van der Waals surface area contributed by atoms with Gasteiger partial charge in [0.1, 0.15) is 0 Å². The van der Waals surface area contributed by atoms with Gasteiger partial charge in [-0.1, -0.05) is 13.3 Å². The molecule has 0 aromatic rings. The highest BCUT2D eigenvalue weighted by Crippen LogP contribution is 2.11. The highest BCUT2D eigenvalue weighted by molar-refractivity contribution is 5.74. The van der Waals surface area contributed by atoms with E-state index in [4.69, 9.17) is 9.84 Å². The number of carboxylic acid groups (broad SMARTS) is 1. The van der Waals surface area contributed by atoms with E-state index in [1.54, 1.807) is 4.90 Å². The summed E-state index contributed by atoms with van der Waals surface area (Å²) in [4.78, 5) is 26.5. The van der Waals surface area contributed by atoms with Gasteiger partial charge in [0, 0.05) is 26.2 Å². The lowest BCUT2D eigenvalue weighted by Crippen LogP contribution is -2.51. The summed E-state index contributed by atoms with van der Waals surface area (Å²) in [5.41, 5.74) is 0. The van der Waals surface area contributed by atoms with Gasteiger partial charge in [0.25, 0.3) is 0 Å². The molecule has 1 atom stereocenters. The summed E-state index contributed by atoms with van der Waals surface area (Å²) in [6, 6.07) is -0.00496. The molecule has 0 spiro atoms. The van der Waals surface area contributed by atoms with Crippen molar-refractivity contribution in [2.75, 3.05) is 32.8 Å². The van der Waals surface area contributed by atoms with Crippen molar-refractivity contribution >= 4 is 12.0 Å². The molecule has 1 aliphatic rings. The summed E-state index contributed by atoms with van der Waals surface area (Å²) >= 11 is 0. The van der Waals surface area contributed by atoms with Crippen LogP contribution in [0, 0.1) is 0 Å². The Hall–Kier alpha value is -1.30. The number of morpholine rings is 1. The topological polar surface area (TPSA) is 70.1 Å². The van der Waals surface area contributed by atoms with E-state index in [1.807, 2.05) is 11.8 Å². The molecule has 0 aromatic heterocycles. The van der Waals surface area contributed by atoms with E-state index in [9.17, 15) is 9.59 Å². The van der Waals surface area contributed by atoms with Crippen molar-refractivity contribution in [2.45, 2.75) is 39.2 Å². The van der Waals surface area contributed by atoms with E-state index in [2.05, 4.69) is 6.92 Å². The lowest BCUT2D eigenvalue weighted by molar-refractivity contribution is -0.141. The molecule has 2 amide bonds. The van der Waals surface area contributed by atoms with E-state index in [-0.39, 0.29) is 18.6 Å². The summed E-state index contributed by atoms with van der Waals surface area (Å²) in [6.07, 6.45) is 1.60. The Labute approximate surface area is 114 Å². The summed E-state index contributed by atoms with van der Waals surface area (Å²) in [5, 5.41) is 8.77. The average Bonchev–Trinajstić information content (AvgIpc) is 2.39. The first-order chi connectivity index (χ1) is 9.08. The average molecular weight is 272 g/mol. The van der Waals surface area contributed by atoms with E-state index < -0.39 is 5.97 Å². The van der Waals surface area contributed by atoms with Gasteiger partial charge in [0.2, 0.25) is 0 Å². The highest BCUT2D eigenvalue weighted by Gasteiger charge is 2.28. The Morgan fingerprint density at radius 1 is 1.42 bits per heavy atom. The molecule has 6 nitrogen and oxygen atoms in total. The van der Waals surface area contributed by atoms with E-state index in [1.165, 1.54) is 0 Å². The molecule has 1 saturated heterocycles. The minimum absolute atomic E-state index is 0.00496. The number of nitrogens with zero attached hydrogens (tertiary/aromatic N) is 2. The van der Waals surface area contributed by atoms with Crippen molar-refractivity contribution < 1.29 is 19.4 Å². The number of carbonyl (C=O) groups excluding carboxylic acids is 1. The zero-order chi connectivity index (χ0) is 14.3. The second-order valence-electron chi connectivity index (χ2n) is 4.75. The summed E-state index contributed by atoms with van der Waals surface area (Å²) < 4.78 is 5.37. The normalized spacial score (nSPS) is 19.3. The minimum Gasteiger partial charge on any atom is -0.481 e. The summed E-state index contributed by atoms with van der Waals surface area (Å²) in [6.45, 7) is 6.81. The number of unbranched alkanes of at least 4 members (excludes halogenated alkanes) is 1. The Balaban J connectivity index is 2.52.